The summed E-state index contributed by atoms with van der Waals surface area (Å²) >= 11 is 6.29. The van der Waals surface area contributed by atoms with Crippen molar-refractivity contribution in [1.29, 1.82) is 0 Å². The first kappa shape index (κ1) is 25.0. The van der Waals surface area contributed by atoms with E-state index in [0.717, 1.165) is 20.9 Å². The quantitative estimate of drug-likeness (QED) is 0.292. The van der Waals surface area contributed by atoms with Crippen molar-refractivity contribution >= 4 is 40.1 Å². The molecular weight excluding hydrogens is 464 g/mol. The van der Waals surface area contributed by atoms with E-state index in [-0.39, 0.29) is 11.8 Å². The van der Waals surface area contributed by atoms with Crippen molar-refractivity contribution in [3.8, 4) is 10.4 Å². The Bertz CT molecular complexity index is 1110. The molecule has 3 aromatic rings. The molecule has 0 unspecified atom stereocenters. The fraction of sp³-hybridized carbons (Fsp3) is 0.417. The first-order valence-electron chi connectivity index (χ1n) is 10.5. The number of aryl methyl sites for hydroxylation is 2. The maximum Gasteiger partial charge on any atom is 0.194 e. The lowest BCUT2D eigenvalue weighted by atomic mass is 9.95. The number of benzene rings is 1. The van der Waals surface area contributed by atoms with E-state index in [4.69, 9.17) is 16.1 Å². The molecule has 2 atom stereocenters. The lowest BCUT2D eigenvalue weighted by molar-refractivity contribution is 0.103. The predicted molar refractivity (Wildman–Crippen MR) is 133 cm³/mol. The zero-order chi connectivity index (χ0) is 23.8. The number of carbonyl (C=O) groups excluding carboxylic acids is 1. The minimum Gasteiger partial charge on any atom is -0.598 e. The number of nitrogens with zero attached hydrogens (tertiary/aromatic N) is 1. The zero-order valence-electron chi connectivity index (χ0n) is 19.5. The van der Waals surface area contributed by atoms with Gasteiger partial charge >= 0.3 is 0 Å². The van der Waals surface area contributed by atoms with Crippen molar-refractivity contribution in [3.63, 3.8) is 0 Å². The van der Waals surface area contributed by atoms with Crippen molar-refractivity contribution < 1.29 is 13.9 Å². The minimum absolute atomic E-state index is 0.0654. The van der Waals surface area contributed by atoms with E-state index in [2.05, 4.69) is 9.88 Å². The number of ketones is 1. The number of hydrogen-bond donors (Lipinski definition) is 1. The first-order valence-corrected chi connectivity index (χ1v) is 12.8. The molecule has 0 spiro atoms. The van der Waals surface area contributed by atoms with Gasteiger partial charge in [-0.05, 0) is 77.8 Å². The molecule has 5 nitrogen and oxygen atoms in total. The highest BCUT2D eigenvalue weighted by Gasteiger charge is 2.34. The van der Waals surface area contributed by atoms with Crippen LogP contribution in [0.5, 0.6) is 0 Å². The standard InChI is InChI=1S/C24H29ClN2O3S2/c1-8-18(27-32(29)24(5,6)7)22-20(14(3)26-30-22)23-19(13(2)15(4)31-23)21(28)16-9-11-17(25)12-10-16/h9-12,18,27H,8H2,1-7H3/t18-,32-/m0/s1. The topological polar surface area (TPSA) is 78.2 Å². The summed E-state index contributed by atoms with van der Waals surface area (Å²) in [4.78, 5) is 15.4. The second-order valence-corrected chi connectivity index (χ2v) is 12.4. The monoisotopic (exact) mass is 492 g/mol. The van der Waals surface area contributed by atoms with Gasteiger partial charge in [-0.25, -0.2) is 0 Å². The van der Waals surface area contributed by atoms with Crippen molar-refractivity contribution in [2.75, 3.05) is 0 Å². The Morgan fingerprint density at radius 3 is 2.44 bits per heavy atom. The van der Waals surface area contributed by atoms with Gasteiger partial charge in [0.2, 0.25) is 0 Å². The summed E-state index contributed by atoms with van der Waals surface area (Å²) in [5, 5.41) is 4.80. The molecule has 1 aromatic carbocycles. The Kier molecular flexibility index (Phi) is 7.57. The van der Waals surface area contributed by atoms with Gasteiger partial charge in [0, 0.05) is 32.4 Å². The van der Waals surface area contributed by atoms with Gasteiger partial charge in [0.05, 0.1) is 16.1 Å². The number of halogens is 1. The molecule has 32 heavy (non-hydrogen) atoms. The smallest absolute Gasteiger partial charge is 0.194 e. The highest BCUT2D eigenvalue weighted by atomic mass is 35.5. The summed E-state index contributed by atoms with van der Waals surface area (Å²) in [5.74, 6) is 0.540. The largest absolute Gasteiger partial charge is 0.598 e. The van der Waals surface area contributed by atoms with Gasteiger partial charge in [-0.1, -0.05) is 23.7 Å². The van der Waals surface area contributed by atoms with Crippen molar-refractivity contribution in [3.05, 3.63) is 62.3 Å². The van der Waals surface area contributed by atoms with Crippen LogP contribution in [0.2, 0.25) is 5.02 Å². The van der Waals surface area contributed by atoms with Crippen LogP contribution >= 0.6 is 22.9 Å². The third-order valence-corrected chi connectivity index (χ3v) is 8.45. The molecule has 172 valence electrons. The number of nitrogens with one attached hydrogen (secondary N) is 1. The Morgan fingerprint density at radius 2 is 1.88 bits per heavy atom. The predicted octanol–water partition coefficient (Wildman–Crippen LogP) is 6.72. The third-order valence-electron chi connectivity index (χ3n) is 5.37. The van der Waals surface area contributed by atoms with E-state index in [9.17, 15) is 9.35 Å². The summed E-state index contributed by atoms with van der Waals surface area (Å²) in [6.45, 7) is 13.6. The zero-order valence-corrected chi connectivity index (χ0v) is 21.8. The summed E-state index contributed by atoms with van der Waals surface area (Å²) in [5.41, 5.74) is 3.66. The van der Waals surface area contributed by atoms with Crippen LogP contribution in [-0.2, 0) is 11.4 Å². The Hall–Kier alpha value is -1.64. The van der Waals surface area contributed by atoms with Gasteiger partial charge in [0.1, 0.15) is 10.8 Å². The normalized spacial score (nSPS) is 13.9. The van der Waals surface area contributed by atoms with Crippen molar-refractivity contribution in [1.82, 2.24) is 9.88 Å². The van der Waals surface area contributed by atoms with E-state index < -0.39 is 16.1 Å². The van der Waals surface area contributed by atoms with Crippen LogP contribution in [0.1, 0.15) is 78.0 Å². The van der Waals surface area contributed by atoms with Gasteiger partial charge in [-0.3, -0.25) is 4.79 Å². The molecular formula is C24H29ClN2O3S2. The van der Waals surface area contributed by atoms with E-state index >= 15 is 0 Å². The van der Waals surface area contributed by atoms with E-state index in [1.165, 1.54) is 0 Å². The summed E-state index contributed by atoms with van der Waals surface area (Å²) in [6.07, 6.45) is 0.660. The average Bonchev–Trinajstić information content (AvgIpc) is 3.24. The first-order chi connectivity index (χ1) is 15.0. The molecule has 3 rings (SSSR count). The fourth-order valence-corrected chi connectivity index (χ4v) is 5.62. The Balaban J connectivity index is 2.12. The Labute approximate surface area is 201 Å². The molecule has 2 heterocycles. The van der Waals surface area contributed by atoms with Gasteiger partial charge in [0.25, 0.3) is 0 Å². The third kappa shape index (κ3) is 4.97. The molecule has 2 aromatic heterocycles. The number of carbonyl (C=O) groups is 1. The van der Waals surface area contributed by atoms with Crippen LogP contribution < -0.4 is 4.72 Å². The molecule has 8 heteroatoms. The Morgan fingerprint density at radius 1 is 1.25 bits per heavy atom. The minimum atomic E-state index is -1.28. The number of rotatable bonds is 7. The molecule has 0 aliphatic rings. The van der Waals surface area contributed by atoms with Gasteiger partial charge in [0.15, 0.2) is 11.5 Å². The number of hydrogen-bond acceptors (Lipinski definition) is 6. The van der Waals surface area contributed by atoms with Gasteiger partial charge < -0.3 is 9.08 Å². The maximum absolute atomic E-state index is 13.5. The highest BCUT2D eigenvalue weighted by molar-refractivity contribution is 7.90. The highest BCUT2D eigenvalue weighted by Crippen LogP contribution is 2.43. The van der Waals surface area contributed by atoms with Crippen molar-refractivity contribution in [2.45, 2.75) is 65.7 Å². The molecule has 0 radical (unpaired) electrons. The number of thiophene rings is 1. The summed E-state index contributed by atoms with van der Waals surface area (Å²) in [6, 6.07) is 6.62. The summed E-state index contributed by atoms with van der Waals surface area (Å²) < 4.78 is 21.3. The molecule has 0 saturated carbocycles. The van der Waals surface area contributed by atoms with E-state index in [0.29, 0.717) is 34.0 Å². The molecule has 1 N–H and O–H groups in total. The van der Waals surface area contributed by atoms with Gasteiger partial charge in [-0.2, -0.15) is 0 Å². The van der Waals surface area contributed by atoms with E-state index in [1.54, 1.807) is 35.6 Å². The van der Waals surface area contributed by atoms with Crippen LogP contribution in [0.25, 0.3) is 10.4 Å². The molecule has 0 saturated heterocycles. The number of aromatic nitrogens is 1. The van der Waals surface area contributed by atoms with Gasteiger partial charge in [-0.15, -0.1) is 16.1 Å². The average molecular weight is 493 g/mol. The second-order valence-electron chi connectivity index (χ2n) is 8.79. The molecule has 0 fully saturated rings. The van der Waals surface area contributed by atoms with E-state index in [1.807, 2.05) is 48.5 Å². The van der Waals surface area contributed by atoms with Crippen LogP contribution in [0.4, 0.5) is 0 Å². The van der Waals surface area contributed by atoms with Crippen LogP contribution in [0.3, 0.4) is 0 Å². The molecule has 0 aliphatic carbocycles. The lowest BCUT2D eigenvalue weighted by Gasteiger charge is -2.26. The second kappa shape index (κ2) is 9.69. The molecule has 0 aliphatic heterocycles. The van der Waals surface area contributed by atoms with Crippen LogP contribution in [0, 0.1) is 20.8 Å². The van der Waals surface area contributed by atoms with Crippen molar-refractivity contribution in [2.24, 2.45) is 0 Å². The molecule has 0 amide bonds. The molecule has 0 bridgehead atoms. The summed E-state index contributed by atoms with van der Waals surface area (Å²) in [7, 11) is 0. The van der Waals surface area contributed by atoms with Crippen LogP contribution in [-0.4, -0.2) is 20.2 Å². The fourth-order valence-electron chi connectivity index (χ4n) is 3.35. The lowest BCUT2D eigenvalue weighted by Crippen LogP contribution is -2.41. The maximum atomic E-state index is 13.5. The van der Waals surface area contributed by atoms with Crippen LogP contribution in [0.15, 0.2) is 28.8 Å². The SMILES string of the molecule is CC[C@H](N[S@@+]([O-])C(C)(C)C)c1onc(C)c1-c1sc(C)c(C)c1C(=O)c1ccc(Cl)cc1.